The Kier molecular flexibility index (Phi) is 5.51. The Balaban J connectivity index is 1.86. The van der Waals surface area contributed by atoms with E-state index in [1.165, 1.54) is 6.20 Å². The molecule has 142 valence electrons. The van der Waals surface area contributed by atoms with Gasteiger partial charge in [-0.05, 0) is 37.1 Å². The van der Waals surface area contributed by atoms with Crippen molar-refractivity contribution >= 4 is 34.3 Å². The van der Waals surface area contributed by atoms with Crippen molar-refractivity contribution in [1.82, 2.24) is 15.0 Å². The van der Waals surface area contributed by atoms with Gasteiger partial charge in [-0.15, -0.1) is 0 Å². The van der Waals surface area contributed by atoms with Crippen molar-refractivity contribution in [1.29, 1.82) is 0 Å². The molecular weight excluding hydrogens is 366 g/mol. The second-order valence-corrected chi connectivity index (χ2v) is 7.29. The van der Waals surface area contributed by atoms with Gasteiger partial charge in [0.2, 0.25) is 5.95 Å². The van der Waals surface area contributed by atoms with Gasteiger partial charge in [0.25, 0.3) is 5.56 Å². The SMILES string of the molecule is CC(C)CNc1nc(NC(C)c2cc3cc(Cl)ccc3[nH]c2=O)ncc1O. The maximum absolute atomic E-state index is 12.4. The average molecular weight is 388 g/mol. The maximum Gasteiger partial charge on any atom is 0.253 e. The summed E-state index contributed by atoms with van der Waals surface area (Å²) in [6, 6.07) is 6.76. The van der Waals surface area contributed by atoms with Crippen molar-refractivity contribution in [2.75, 3.05) is 17.2 Å². The normalized spacial score (nSPS) is 12.3. The van der Waals surface area contributed by atoms with Crippen molar-refractivity contribution in [3.63, 3.8) is 0 Å². The van der Waals surface area contributed by atoms with Gasteiger partial charge in [0.1, 0.15) is 0 Å². The Labute approximate surface area is 161 Å². The van der Waals surface area contributed by atoms with E-state index in [-0.39, 0.29) is 17.4 Å². The molecule has 4 N–H and O–H groups in total. The highest BCUT2D eigenvalue weighted by Gasteiger charge is 2.14. The van der Waals surface area contributed by atoms with Crippen LogP contribution < -0.4 is 16.2 Å². The Bertz CT molecular complexity index is 1020. The molecule has 0 saturated heterocycles. The number of rotatable bonds is 6. The third-order valence-electron chi connectivity index (χ3n) is 4.09. The number of aromatic hydroxyl groups is 1. The van der Waals surface area contributed by atoms with Crippen LogP contribution in [0.4, 0.5) is 11.8 Å². The van der Waals surface area contributed by atoms with Crippen molar-refractivity contribution < 1.29 is 5.11 Å². The number of aromatic nitrogens is 3. The number of nitrogens with zero attached hydrogens (tertiary/aromatic N) is 2. The number of pyridine rings is 1. The van der Waals surface area contributed by atoms with Gasteiger partial charge in [0.05, 0.1) is 12.2 Å². The molecule has 0 bridgehead atoms. The molecule has 0 aliphatic carbocycles. The molecule has 0 spiro atoms. The number of H-pyrrole nitrogens is 1. The minimum atomic E-state index is -0.348. The maximum atomic E-state index is 12.4. The summed E-state index contributed by atoms with van der Waals surface area (Å²) in [5, 5.41) is 17.5. The van der Waals surface area contributed by atoms with Crippen LogP contribution in [0, 0.1) is 5.92 Å². The smallest absolute Gasteiger partial charge is 0.253 e. The largest absolute Gasteiger partial charge is 0.503 e. The summed E-state index contributed by atoms with van der Waals surface area (Å²) in [5.74, 6) is 1.05. The van der Waals surface area contributed by atoms with Crippen LogP contribution >= 0.6 is 11.6 Å². The van der Waals surface area contributed by atoms with E-state index in [1.54, 1.807) is 24.3 Å². The van der Waals surface area contributed by atoms with E-state index in [2.05, 4.69) is 39.4 Å². The first-order chi connectivity index (χ1) is 12.8. The monoisotopic (exact) mass is 387 g/mol. The van der Waals surface area contributed by atoms with Crippen molar-refractivity contribution in [3.8, 4) is 5.75 Å². The summed E-state index contributed by atoms with van der Waals surface area (Å²) >= 11 is 6.05. The van der Waals surface area contributed by atoms with Crippen molar-refractivity contribution in [2.45, 2.75) is 26.8 Å². The van der Waals surface area contributed by atoms with Crippen molar-refractivity contribution in [2.24, 2.45) is 5.92 Å². The van der Waals surface area contributed by atoms with E-state index in [0.717, 1.165) is 10.9 Å². The number of anilines is 2. The first-order valence-electron chi connectivity index (χ1n) is 8.72. The fourth-order valence-corrected chi connectivity index (χ4v) is 2.84. The zero-order valence-corrected chi connectivity index (χ0v) is 16.1. The molecule has 3 rings (SSSR count). The highest BCUT2D eigenvalue weighted by molar-refractivity contribution is 6.31. The van der Waals surface area contributed by atoms with Gasteiger partial charge in [-0.25, -0.2) is 4.98 Å². The molecule has 0 fully saturated rings. The molecule has 27 heavy (non-hydrogen) atoms. The van der Waals surface area contributed by atoms with Gasteiger partial charge in [0.15, 0.2) is 11.6 Å². The quantitative estimate of drug-likeness (QED) is 0.511. The molecule has 2 aromatic heterocycles. The average Bonchev–Trinajstić information content (AvgIpc) is 2.61. The highest BCUT2D eigenvalue weighted by Crippen LogP contribution is 2.24. The number of hydrogen-bond donors (Lipinski definition) is 4. The van der Waals surface area contributed by atoms with E-state index >= 15 is 0 Å². The summed E-state index contributed by atoms with van der Waals surface area (Å²) in [5.41, 5.74) is 1.07. The summed E-state index contributed by atoms with van der Waals surface area (Å²) < 4.78 is 0. The molecule has 0 radical (unpaired) electrons. The number of hydrogen-bond acceptors (Lipinski definition) is 6. The summed E-state index contributed by atoms with van der Waals surface area (Å²) in [7, 11) is 0. The zero-order chi connectivity index (χ0) is 19.6. The lowest BCUT2D eigenvalue weighted by molar-refractivity contribution is 0.471. The second kappa shape index (κ2) is 7.84. The number of aromatic amines is 1. The van der Waals surface area contributed by atoms with Crippen LogP contribution in [0.1, 0.15) is 32.4 Å². The molecule has 8 heteroatoms. The molecule has 1 unspecified atom stereocenters. The molecule has 3 aromatic rings. The first kappa shape index (κ1) is 19.0. The van der Waals surface area contributed by atoms with Crippen LogP contribution in [0.2, 0.25) is 5.02 Å². The van der Waals surface area contributed by atoms with Gasteiger partial charge in [-0.1, -0.05) is 25.4 Å². The summed E-state index contributed by atoms with van der Waals surface area (Å²) in [6.07, 6.45) is 1.33. The lowest BCUT2D eigenvalue weighted by Crippen LogP contribution is -2.20. The standard InChI is InChI=1S/C19H22ClN5O2/c1-10(2)8-21-17-16(26)9-22-19(25-17)23-11(3)14-7-12-6-13(20)4-5-15(12)24-18(14)27/h4-7,9-11,26H,8H2,1-3H3,(H,24,27)(H2,21,22,23,25). The summed E-state index contributed by atoms with van der Waals surface area (Å²) in [4.78, 5) is 23.7. The topological polar surface area (TPSA) is 103 Å². The van der Waals surface area contributed by atoms with Gasteiger partial charge in [-0.2, -0.15) is 4.98 Å². The Hall–Kier alpha value is -2.80. The Morgan fingerprint density at radius 2 is 2.04 bits per heavy atom. The number of fused-ring (bicyclic) bond motifs is 1. The van der Waals surface area contributed by atoms with Gasteiger partial charge >= 0.3 is 0 Å². The van der Waals surface area contributed by atoms with Crippen LogP contribution in [0.3, 0.4) is 0 Å². The molecular formula is C19H22ClN5O2. The van der Waals surface area contributed by atoms with Crippen LogP contribution in [0.25, 0.3) is 10.9 Å². The predicted molar refractivity (Wildman–Crippen MR) is 109 cm³/mol. The molecule has 0 amide bonds. The molecule has 7 nitrogen and oxygen atoms in total. The van der Waals surface area contributed by atoms with Crippen molar-refractivity contribution in [3.05, 3.63) is 51.4 Å². The molecule has 0 aliphatic heterocycles. The number of halogens is 1. The lowest BCUT2D eigenvalue weighted by atomic mass is 10.1. The van der Waals surface area contributed by atoms with E-state index in [0.29, 0.717) is 34.8 Å². The zero-order valence-electron chi connectivity index (χ0n) is 15.4. The summed E-state index contributed by atoms with van der Waals surface area (Å²) in [6.45, 7) is 6.64. The first-order valence-corrected chi connectivity index (χ1v) is 9.10. The molecule has 1 aromatic carbocycles. The Morgan fingerprint density at radius 3 is 2.78 bits per heavy atom. The lowest BCUT2D eigenvalue weighted by Gasteiger charge is -2.16. The third kappa shape index (κ3) is 4.49. The minimum absolute atomic E-state index is 0.0213. The van der Waals surface area contributed by atoms with Gasteiger partial charge < -0.3 is 20.7 Å². The number of nitrogens with one attached hydrogen (secondary N) is 3. The van der Waals surface area contributed by atoms with Crippen LogP contribution in [-0.2, 0) is 0 Å². The molecule has 1 atom stereocenters. The number of benzene rings is 1. The second-order valence-electron chi connectivity index (χ2n) is 6.85. The molecule has 0 saturated carbocycles. The Morgan fingerprint density at radius 1 is 1.26 bits per heavy atom. The molecule has 2 heterocycles. The van der Waals surface area contributed by atoms with E-state index < -0.39 is 0 Å². The predicted octanol–water partition coefficient (Wildman–Crippen LogP) is 3.92. The highest BCUT2D eigenvalue weighted by atomic mass is 35.5. The van der Waals surface area contributed by atoms with Gasteiger partial charge in [-0.3, -0.25) is 4.79 Å². The van der Waals surface area contributed by atoms with Gasteiger partial charge in [0, 0.05) is 28.0 Å². The van der Waals surface area contributed by atoms with E-state index in [9.17, 15) is 9.90 Å². The van der Waals surface area contributed by atoms with E-state index in [1.807, 2.05) is 6.92 Å². The fourth-order valence-electron chi connectivity index (χ4n) is 2.66. The van der Waals surface area contributed by atoms with Crippen LogP contribution in [-0.4, -0.2) is 26.6 Å². The third-order valence-corrected chi connectivity index (χ3v) is 4.33. The minimum Gasteiger partial charge on any atom is -0.503 e. The van der Waals surface area contributed by atoms with E-state index in [4.69, 9.17) is 11.6 Å². The van der Waals surface area contributed by atoms with Crippen LogP contribution in [0.15, 0.2) is 35.3 Å². The molecule has 0 aliphatic rings. The van der Waals surface area contributed by atoms with Crippen LogP contribution in [0.5, 0.6) is 5.75 Å². The fraction of sp³-hybridized carbons (Fsp3) is 0.316.